The van der Waals surface area contributed by atoms with Gasteiger partial charge in [-0.15, -0.1) is 0 Å². The third-order valence-electron chi connectivity index (χ3n) is 5.39. The molecule has 0 fully saturated rings. The molecule has 3 aliphatic heterocycles. The molecule has 0 N–H and O–H groups in total. The van der Waals surface area contributed by atoms with Crippen LogP contribution in [0.4, 0.5) is 0 Å². The average molecular weight is 418 g/mol. The van der Waals surface area contributed by atoms with Crippen LogP contribution >= 0.6 is 0 Å². The number of rotatable bonds is 4. The van der Waals surface area contributed by atoms with Crippen LogP contribution in [0.1, 0.15) is 11.1 Å². The SMILES string of the molecule is COc1ccc(C2=C(c3ccc(OC)cc3)[C@@]3(C=CC(=O)O3)OC23C=CC(=O)O3)cc1. The van der Waals surface area contributed by atoms with Gasteiger partial charge in [-0.2, -0.15) is 0 Å². The Balaban J connectivity index is 1.79. The second kappa shape index (κ2) is 6.85. The molecule has 3 heterocycles. The number of hydrogen-bond acceptors (Lipinski definition) is 7. The second-order valence-electron chi connectivity index (χ2n) is 7.15. The zero-order valence-corrected chi connectivity index (χ0v) is 16.8. The van der Waals surface area contributed by atoms with Gasteiger partial charge in [0.05, 0.1) is 14.2 Å². The molecule has 2 aromatic carbocycles. The lowest BCUT2D eigenvalue weighted by atomic mass is 9.87. The molecule has 0 bridgehead atoms. The number of methoxy groups -OCH3 is 2. The van der Waals surface area contributed by atoms with Crippen molar-refractivity contribution in [3.8, 4) is 11.5 Å². The van der Waals surface area contributed by atoms with Crippen molar-refractivity contribution in [3.05, 3.63) is 84.0 Å². The summed E-state index contributed by atoms with van der Waals surface area (Å²) in [6.45, 7) is 0. The van der Waals surface area contributed by atoms with Gasteiger partial charge < -0.3 is 18.9 Å². The van der Waals surface area contributed by atoms with Crippen LogP contribution in [0.2, 0.25) is 0 Å². The largest absolute Gasteiger partial charge is 0.497 e. The minimum Gasteiger partial charge on any atom is -0.497 e. The van der Waals surface area contributed by atoms with Crippen molar-refractivity contribution in [2.24, 2.45) is 0 Å². The van der Waals surface area contributed by atoms with E-state index in [1.165, 1.54) is 24.3 Å². The van der Waals surface area contributed by atoms with Gasteiger partial charge in [-0.05, 0) is 47.5 Å². The number of carbonyl (C=O) groups is 2. The van der Waals surface area contributed by atoms with Gasteiger partial charge in [-0.1, -0.05) is 24.3 Å². The van der Waals surface area contributed by atoms with Crippen LogP contribution in [0.15, 0.2) is 72.8 Å². The van der Waals surface area contributed by atoms with Gasteiger partial charge >= 0.3 is 11.9 Å². The molecule has 2 spiro atoms. The molecule has 2 aromatic rings. The van der Waals surface area contributed by atoms with Crippen molar-refractivity contribution in [2.75, 3.05) is 14.2 Å². The van der Waals surface area contributed by atoms with Crippen LogP contribution in [0.25, 0.3) is 11.1 Å². The van der Waals surface area contributed by atoms with Crippen molar-refractivity contribution < 1.29 is 33.3 Å². The monoisotopic (exact) mass is 418 g/mol. The molecule has 31 heavy (non-hydrogen) atoms. The highest BCUT2D eigenvalue weighted by Crippen LogP contribution is 2.56. The molecule has 7 heteroatoms. The number of ether oxygens (including phenoxy) is 5. The summed E-state index contributed by atoms with van der Waals surface area (Å²) >= 11 is 0. The summed E-state index contributed by atoms with van der Waals surface area (Å²) in [5.74, 6) is -2.85. The quantitative estimate of drug-likeness (QED) is 0.705. The Morgan fingerprint density at radius 1 is 0.645 bits per heavy atom. The van der Waals surface area contributed by atoms with Crippen LogP contribution < -0.4 is 9.47 Å². The molecule has 3 aliphatic rings. The summed E-state index contributed by atoms with van der Waals surface area (Å²) in [6.07, 6.45) is 5.67. The highest BCUT2D eigenvalue weighted by atomic mass is 16.8. The highest BCUT2D eigenvalue weighted by Gasteiger charge is 2.61. The van der Waals surface area contributed by atoms with E-state index < -0.39 is 23.5 Å². The summed E-state index contributed by atoms with van der Waals surface area (Å²) in [5, 5.41) is 0. The Labute approximate surface area is 178 Å². The van der Waals surface area contributed by atoms with Gasteiger partial charge in [0.15, 0.2) is 0 Å². The van der Waals surface area contributed by atoms with E-state index in [9.17, 15) is 9.59 Å². The molecule has 0 aromatic heterocycles. The smallest absolute Gasteiger partial charge is 0.333 e. The number of carbonyl (C=O) groups excluding carboxylic acids is 2. The molecule has 1 unspecified atom stereocenters. The number of hydrogen-bond donors (Lipinski definition) is 0. The van der Waals surface area contributed by atoms with E-state index >= 15 is 0 Å². The lowest BCUT2D eigenvalue weighted by Gasteiger charge is -2.28. The van der Waals surface area contributed by atoms with E-state index in [-0.39, 0.29) is 0 Å². The minimum absolute atomic E-state index is 0.551. The predicted molar refractivity (Wildman–Crippen MR) is 110 cm³/mol. The lowest BCUT2D eigenvalue weighted by Crippen LogP contribution is -2.38. The summed E-state index contributed by atoms with van der Waals surface area (Å²) in [4.78, 5) is 24.2. The van der Waals surface area contributed by atoms with Crippen LogP contribution in [0.5, 0.6) is 11.5 Å². The van der Waals surface area contributed by atoms with Crippen molar-refractivity contribution in [1.82, 2.24) is 0 Å². The Morgan fingerprint density at radius 3 is 1.32 bits per heavy atom. The molecule has 156 valence electrons. The molecule has 0 aliphatic carbocycles. The second-order valence-corrected chi connectivity index (χ2v) is 7.15. The lowest BCUT2D eigenvalue weighted by molar-refractivity contribution is -0.238. The van der Waals surface area contributed by atoms with Gasteiger partial charge in [0.25, 0.3) is 11.6 Å². The number of esters is 2. The molecule has 0 radical (unpaired) electrons. The van der Waals surface area contributed by atoms with Crippen LogP contribution in [0, 0.1) is 0 Å². The van der Waals surface area contributed by atoms with Crippen LogP contribution in [0.3, 0.4) is 0 Å². The fourth-order valence-electron chi connectivity index (χ4n) is 4.05. The fourth-order valence-corrected chi connectivity index (χ4v) is 4.05. The first-order chi connectivity index (χ1) is 15.0. The van der Waals surface area contributed by atoms with E-state index in [0.29, 0.717) is 22.6 Å². The highest BCUT2D eigenvalue weighted by molar-refractivity contribution is 6.05. The third kappa shape index (κ3) is 2.93. The molecular weight excluding hydrogens is 400 g/mol. The minimum atomic E-state index is -1.55. The summed E-state index contributed by atoms with van der Waals surface area (Å²) in [6, 6.07) is 14.5. The van der Waals surface area contributed by atoms with E-state index in [2.05, 4.69) is 0 Å². The average Bonchev–Trinajstić information content (AvgIpc) is 3.43. The Kier molecular flexibility index (Phi) is 4.23. The van der Waals surface area contributed by atoms with Crippen LogP contribution in [-0.4, -0.2) is 37.7 Å². The van der Waals surface area contributed by atoms with Gasteiger partial charge in [0.1, 0.15) is 11.5 Å². The molecule has 5 rings (SSSR count). The first-order valence-electron chi connectivity index (χ1n) is 9.57. The summed E-state index contributed by atoms with van der Waals surface area (Å²) in [7, 11) is 3.16. The normalized spacial score (nSPS) is 26.1. The topological polar surface area (TPSA) is 80.3 Å². The van der Waals surface area contributed by atoms with Crippen molar-refractivity contribution in [3.63, 3.8) is 0 Å². The Hall–Kier alpha value is -3.84. The van der Waals surface area contributed by atoms with Crippen molar-refractivity contribution in [2.45, 2.75) is 11.6 Å². The van der Waals surface area contributed by atoms with Crippen molar-refractivity contribution >= 4 is 23.1 Å². The first-order valence-corrected chi connectivity index (χ1v) is 9.57. The number of benzene rings is 2. The Bertz CT molecular complexity index is 1070. The fraction of sp³-hybridized carbons (Fsp3) is 0.167. The van der Waals surface area contributed by atoms with Gasteiger partial charge in [0, 0.05) is 23.3 Å². The predicted octanol–water partition coefficient (Wildman–Crippen LogP) is 3.26. The van der Waals surface area contributed by atoms with E-state index in [1.54, 1.807) is 38.5 Å². The first kappa shape index (κ1) is 19.1. The van der Waals surface area contributed by atoms with E-state index in [1.807, 2.05) is 24.3 Å². The maximum absolute atomic E-state index is 12.1. The zero-order valence-electron chi connectivity index (χ0n) is 16.8. The van der Waals surface area contributed by atoms with E-state index in [4.69, 9.17) is 23.7 Å². The molecule has 2 atom stereocenters. The molecule has 7 nitrogen and oxygen atoms in total. The van der Waals surface area contributed by atoms with E-state index in [0.717, 1.165) is 11.1 Å². The van der Waals surface area contributed by atoms with Gasteiger partial charge in [-0.3, -0.25) is 4.74 Å². The zero-order chi connectivity index (χ0) is 21.6. The van der Waals surface area contributed by atoms with Crippen LogP contribution in [-0.2, 0) is 23.8 Å². The molecule has 0 amide bonds. The van der Waals surface area contributed by atoms with Gasteiger partial charge in [-0.25, -0.2) is 9.59 Å². The van der Waals surface area contributed by atoms with Gasteiger partial charge in [0.2, 0.25) is 0 Å². The Morgan fingerprint density at radius 2 is 1.03 bits per heavy atom. The summed E-state index contributed by atoms with van der Waals surface area (Å²) < 4.78 is 28.1. The molecule has 0 saturated carbocycles. The maximum Gasteiger partial charge on any atom is 0.333 e. The van der Waals surface area contributed by atoms with Crippen molar-refractivity contribution in [1.29, 1.82) is 0 Å². The molecular formula is C24H18O7. The summed E-state index contributed by atoms with van der Waals surface area (Å²) in [5.41, 5.74) is 2.56. The maximum atomic E-state index is 12.1. The third-order valence-corrected chi connectivity index (χ3v) is 5.39. The molecule has 0 saturated heterocycles. The standard InChI is InChI=1S/C24H18O7/c1-27-17-7-3-15(4-8-17)21-22(16-5-9-18(28-2)10-6-16)24(14-12-20(26)30-24)31-23(21)13-11-19(25)29-23/h3-14H,1-2H3/t23-,24?/m1/s1.